The summed E-state index contributed by atoms with van der Waals surface area (Å²) in [5, 5.41) is 0. The zero-order valence-electron chi connectivity index (χ0n) is 11.2. The third-order valence-electron chi connectivity index (χ3n) is 2.00. The number of rotatable bonds is 2. The van der Waals surface area contributed by atoms with Gasteiger partial charge in [0.25, 0.3) is 0 Å². The van der Waals surface area contributed by atoms with Crippen LogP contribution in [0.4, 0.5) is 0 Å². The van der Waals surface area contributed by atoms with Crippen molar-refractivity contribution in [1.29, 1.82) is 0 Å². The zero-order chi connectivity index (χ0) is 13.3. The van der Waals surface area contributed by atoms with Crippen LogP contribution in [0, 0.1) is 6.85 Å². The lowest BCUT2D eigenvalue weighted by molar-refractivity contribution is 0.0518. The molecule has 78 valence electrons. The molecule has 0 radical (unpaired) electrons. The minimum atomic E-state index is -2.18. The summed E-state index contributed by atoms with van der Waals surface area (Å²) in [5.74, 6) is -0.480. The molecule has 4 nitrogen and oxygen atoms in total. The molecule has 0 spiro atoms. The van der Waals surface area contributed by atoms with Crippen LogP contribution in [0.1, 0.15) is 27.1 Å². The first-order valence-electron chi connectivity index (χ1n) is 6.08. The number of pyridine rings is 1. The van der Waals surface area contributed by atoms with E-state index in [-0.39, 0.29) is 17.9 Å². The van der Waals surface area contributed by atoms with Crippen LogP contribution in [0.15, 0.2) is 24.5 Å². The van der Waals surface area contributed by atoms with Gasteiger partial charge in [-0.2, -0.15) is 0 Å². The van der Waals surface area contributed by atoms with Crippen molar-refractivity contribution in [3.63, 3.8) is 0 Å². The van der Waals surface area contributed by atoms with Crippen molar-refractivity contribution >= 4 is 11.6 Å². The maximum atomic E-state index is 11.6. The van der Waals surface area contributed by atoms with E-state index < -0.39 is 12.8 Å². The van der Waals surface area contributed by atoms with Crippen LogP contribution >= 0.6 is 0 Å². The number of esters is 1. The van der Waals surface area contributed by atoms with Crippen molar-refractivity contribution in [1.82, 2.24) is 9.38 Å². The summed E-state index contributed by atoms with van der Waals surface area (Å²) in [6, 6.07) is 2.89. The second kappa shape index (κ2) is 3.73. The molecule has 2 aromatic rings. The van der Waals surface area contributed by atoms with E-state index >= 15 is 0 Å². The van der Waals surface area contributed by atoms with Crippen molar-refractivity contribution in [3.05, 3.63) is 35.8 Å². The quantitative estimate of drug-likeness (QED) is 0.705. The number of aromatic nitrogens is 2. The Morgan fingerprint density at radius 2 is 2.60 bits per heavy atom. The van der Waals surface area contributed by atoms with Crippen molar-refractivity contribution in [2.24, 2.45) is 0 Å². The number of ether oxygens (including phenoxy) is 1. The molecule has 0 aromatic carbocycles. The fraction of sp³-hybridized carbons (Fsp3) is 0.273. The van der Waals surface area contributed by atoms with Gasteiger partial charge in [-0.1, -0.05) is 0 Å². The number of hydrogen-bond donors (Lipinski definition) is 0. The Morgan fingerprint density at radius 1 is 1.73 bits per heavy atom. The van der Waals surface area contributed by atoms with Gasteiger partial charge in [0.2, 0.25) is 0 Å². The van der Waals surface area contributed by atoms with Crippen LogP contribution in [-0.2, 0) is 4.74 Å². The van der Waals surface area contributed by atoms with Crippen LogP contribution in [-0.4, -0.2) is 22.0 Å². The van der Waals surface area contributed by atoms with Gasteiger partial charge in [0.1, 0.15) is 5.65 Å². The summed E-state index contributed by atoms with van der Waals surface area (Å²) < 4.78 is 28.3. The van der Waals surface area contributed by atoms with Gasteiger partial charge in [0.05, 0.1) is 12.8 Å². The smallest absolute Gasteiger partial charge is 0.356 e. The third-order valence-corrected chi connectivity index (χ3v) is 2.00. The standard InChI is InChI=1S/C11H12N2O2/c1-3-15-11(14)9-7-12-10-6-8(2)4-5-13(9)10/h4-7H,3H2,1-2H3/i2D3. The van der Waals surface area contributed by atoms with Crippen LogP contribution in [0.25, 0.3) is 5.65 Å². The second-order valence-corrected chi connectivity index (χ2v) is 3.01. The van der Waals surface area contributed by atoms with Crippen molar-refractivity contribution < 1.29 is 13.6 Å². The molecule has 0 bridgehead atoms. The van der Waals surface area contributed by atoms with Crippen molar-refractivity contribution in [2.45, 2.75) is 13.8 Å². The highest BCUT2D eigenvalue weighted by molar-refractivity contribution is 5.88. The lowest BCUT2D eigenvalue weighted by Crippen LogP contribution is -2.07. The fourth-order valence-corrected chi connectivity index (χ4v) is 1.34. The maximum Gasteiger partial charge on any atom is 0.356 e. The van der Waals surface area contributed by atoms with Crippen molar-refractivity contribution in [2.75, 3.05) is 6.61 Å². The van der Waals surface area contributed by atoms with E-state index in [1.54, 1.807) is 6.92 Å². The minimum Gasteiger partial charge on any atom is -0.461 e. The molecule has 0 aliphatic heterocycles. The van der Waals surface area contributed by atoms with Gasteiger partial charge in [0, 0.05) is 10.3 Å². The molecule has 0 saturated carbocycles. The Hall–Kier alpha value is -1.84. The van der Waals surface area contributed by atoms with Gasteiger partial charge in [-0.3, -0.25) is 4.40 Å². The minimum absolute atomic E-state index is 0.191. The van der Waals surface area contributed by atoms with Crippen LogP contribution in [0.2, 0.25) is 0 Å². The number of fused-ring (bicyclic) bond motifs is 1. The van der Waals surface area contributed by atoms with Gasteiger partial charge in [-0.25, -0.2) is 9.78 Å². The first-order valence-corrected chi connectivity index (χ1v) is 4.58. The van der Waals surface area contributed by atoms with Crippen LogP contribution in [0.3, 0.4) is 0 Å². The largest absolute Gasteiger partial charge is 0.461 e. The second-order valence-electron chi connectivity index (χ2n) is 3.01. The highest BCUT2D eigenvalue weighted by Crippen LogP contribution is 2.09. The lowest BCUT2D eigenvalue weighted by Gasteiger charge is -2.01. The molecule has 4 heteroatoms. The number of nitrogens with zero attached hydrogens (tertiary/aromatic N) is 2. The zero-order valence-corrected chi connectivity index (χ0v) is 8.23. The maximum absolute atomic E-state index is 11.6. The molecule has 2 heterocycles. The summed E-state index contributed by atoms with van der Waals surface area (Å²) in [6.07, 6.45) is 2.88. The number of carbonyl (C=O) groups is 1. The molecule has 2 aromatic heterocycles. The van der Waals surface area contributed by atoms with Gasteiger partial charge in [-0.05, 0) is 31.5 Å². The molecule has 0 atom stereocenters. The normalized spacial score (nSPS) is 14.3. The Balaban J connectivity index is 2.47. The lowest BCUT2D eigenvalue weighted by atomic mass is 10.3. The first kappa shape index (κ1) is 6.61. The van der Waals surface area contributed by atoms with Crippen LogP contribution < -0.4 is 0 Å². The number of aryl methyl sites for hydroxylation is 1. The highest BCUT2D eigenvalue weighted by Gasteiger charge is 2.12. The molecule has 0 N–H and O–H groups in total. The summed E-state index contributed by atoms with van der Waals surface area (Å²) in [5.41, 5.74) is 0.881. The molecule has 15 heavy (non-hydrogen) atoms. The van der Waals surface area contributed by atoms with E-state index in [1.165, 1.54) is 28.9 Å². The Morgan fingerprint density at radius 3 is 3.33 bits per heavy atom. The number of carbonyl (C=O) groups excluding carboxylic acids is 1. The Labute approximate surface area is 91.7 Å². The van der Waals surface area contributed by atoms with Gasteiger partial charge in [-0.15, -0.1) is 0 Å². The van der Waals surface area contributed by atoms with Gasteiger partial charge >= 0.3 is 5.97 Å². The van der Waals surface area contributed by atoms with E-state index in [2.05, 4.69) is 4.98 Å². The van der Waals surface area contributed by atoms with E-state index in [9.17, 15) is 4.79 Å². The fourth-order valence-electron chi connectivity index (χ4n) is 1.34. The summed E-state index contributed by atoms with van der Waals surface area (Å²) >= 11 is 0. The summed E-state index contributed by atoms with van der Waals surface area (Å²) in [4.78, 5) is 15.6. The van der Waals surface area contributed by atoms with Crippen LogP contribution in [0.5, 0.6) is 0 Å². The van der Waals surface area contributed by atoms with E-state index in [1.807, 2.05) is 0 Å². The topological polar surface area (TPSA) is 43.6 Å². The summed E-state index contributed by atoms with van der Waals surface area (Å²) in [6.45, 7) is -0.189. The molecule has 2 rings (SSSR count). The monoisotopic (exact) mass is 207 g/mol. The molecule has 0 aliphatic carbocycles. The highest BCUT2D eigenvalue weighted by atomic mass is 16.5. The molecular weight excluding hydrogens is 192 g/mol. The molecule has 0 aliphatic rings. The average molecular weight is 207 g/mol. The predicted molar refractivity (Wildman–Crippen MR) is 55.9 cm³/mol. The SMILES string of the molecule is [2H]C([2H])([2H])c1ccn2c(C(=O)OCC)cnc2c1. The first-order chi connectivity index (χ1) is 8.43. The molecular formula is C11H12N2O2. The third kappa shape index (κ3) is 1.70. The predicted octanol–water partition coefficient (Wildman–Crippen LogP) is 1.82. The Kier molecular flexibility index (Phi) is 1.64. The molecule has 0 amide bonds. The molecule has 0 saturated heterocycles. The summed E-state index contributed by atoms with van der Waals surface area (Å²) in [7, 11) is 0. The molecule has 0 fully saturated rings. The Bertz CT molecular complexity index is 589. The number of hydrogen-bond acceptors (Lipinski definition) is 3. The van der Waals surface area contributed by atoms with Gasteiger partial charge in [0.15, 0.2) is 5.69 Å². The van der Waals surface area contributed by atoms with E-state index in [0.717, 1.165) is 0 Å². The van der Waals surface area contributed by atoms with E-state index in [4.69, 9.17) is 8.85 Å². The van der Waals surface area contributed by atoms with Crippen molar-refractivity contribution in [3.8, 4) is 0 Å². The average Bonchev–Trinajstić information content (AvgIpc) is 2.70. The van der Waals surface area contributed by atoms with E-state index in [0.29, 0.717) is 5.65 Å². The number of imidazole rings is 1. The van der Waals surface area contributed by atoms with Gasteiger partial charge < -0.3 is 4.74 Å². The molecule has 0 unspecified atom stereocenters.